The van der Waals surface area contributed by atoms with Crippen molar-refractivity contribution in [1.29, 1.82) is 5.26 Å². The van der Waals surface area contributed by atoms with Gasteiger partial charge in [-0.1, -0.05) is 40.5 Å². The number of carbonyl (C=O) groups is 1. The highest BCUT2D eigenvalue weighted by atomic mass is 35.5. The number of likely N-dealkylation sites (tertiary alicyclic amines) is 1. The minimum Gasteiger partial charge on any atom is -0.444 e. The first-order valence-corrected chi connectivity index (χ1v) is 16.3. The molecule has 1 saturated heterocycles. The van der Waals surface area contributed by atoms with Gasteiger partial charge in [0, 0.05) is 29.9 Å². The largest absolute Gasteiger partial charge is 0.444 e. The average Bonchev–Trinajstić information content (AvgIpc) is 3.55. The van der Waals surface area contributed by atoms with E-state index < -0.39 is 17.5 Å². The number of rotatable bonds is 7. The lowest BCUT2D eigenvalue weighted by atomic mass is 10.0. The van der Waals surface area contributed by atoms with Crippen LogP contribution in [0.15, 0.2) is 66.9 Å². The fourth-order valence-corrected chi connectivity index (χ4v) is 6.09. The van der Waals surface area contributed by atoms with Gasteiger partial charge in [-0.2, -0.15) is 5.26 Å². The first-order valence-electron chi connectivity index (χ1n) is 15.5. The van der Waals surface area contributed by atoms with Gasteiger partial charge in [0.2, 0.25) is 0 Å². The Balaban J connectivity index is 1.30. The molecule has 252 valence electrons. The van der Waals surface area contributed by atoms with E-state index in [0.717, 1.165) is 5.56 Å². The predicted molar refractivity (Wildman–Crippen MR) is 184 cm³/mol. The molecule has 1 aliphatic rings. The molecule has 3 heterocycles. The fourth-order valence-electron chi connectivity index (χ4n) is 5.65. The maximum atomic E-state index is 14.0. The van der Waals surface area contributed by atoms with E-state index in [1.165, 1.54) is 30.3 Å². The standard InChI is InChI=1S/C35H32Cl2F2N8O2/c1-35(2,3)49-34(48)46-12-10-25(11-13-46)47-19-31(44-45-47)32(20-4-6-21(38)7-5-20)42-23-14-26-30(41-22-8-9-29(39)27(36)15-22)17-24(18-40)43-33(26)28(37)16-23/h4-9,14-17,19,25,32,42H,10-13H2,1-3H3,(H,41,43)/t32-/m0/s1. The lowest BCUT2D eigenvalue weighted by Gasteiger charge is -2.33. The number of amides is 1. The van der Waals surface area contributed by atoms with Crippen molar-refractivity contribution in [2.75, 3.05) is 23.7 Å². The van der Waals surface area contributed by atoms with Gasteiger partial charge in [0.15, 0.2) is 0 Å². The summed E-state index contributed by atoms with van der Waals surface area (Å²) in [5.41, 5.74) is 2.81. The van der Waals surface area contributed by atoms with Crippen LogP contribution in [0.3, 0.4) is 0 Å². The molecule has 0 saturated carbocycles. The monoisotopic (exact) mass is 704 g/mol. The van der Waals surface area contributed by atoms with Gasteiger partial charge in [0.25, 0.3) is 0 Å². The molecule has 6 rings (SSSR count). The highest BCUT2D eigenvalue weighted by molar-refractivity contribution is 6.36. The molecule has 1 fully saturated rings. The number of ether oxygens (including phenoxy) is 1. The van der Waals surface area contributed by atoms with Crippen LogP contribution in [0.5, 0.6) is 0 Å². The van der Waals surface area contributed by atoms with E-state index in [-0.39, 0.29) is 33.7 Å². The van der Waals surface area contributed by atoms with E-state index in [2.05, 4.69) is 25.9 Å². The summed E-state index contributed by atoms with van der Waals surface area (Å²) in [6.07, 6.45) is 2.86. The second-order valence-electron chi connectivity index (χ2n) is 12.7. The van der Waals surface area contributed by atoms with Gasteiger partial charge in [-0.25, -0.2) is 23.2 Å². The van der Waals surface area contributed by atoms with Crippen LogP contribution in [0, 0.1) is 23.0 Å². The summed E-state index contributed by atoms with van der Waals surface area (Å²) in [7, 11) is 0. The average molecular weight is 706 g/mol. The third kappa shape index (κ3) is 7.85. The van der Waals surface area contributed by atoms with Gasteiger partial charge >= 0.3 is 6.09 Å². The van der Waals surface area contributed by atoms with Gasteiger partial charge in [-0.05, 0) is 87.7 Å². The number of benzene rings is 3. The van der Waals surface area contributed by atoms with E-state index in [9.17, 15) is 18.8 Å². The quantitative estimate of drug-likeness (QED) is 0.172. The minimum absolute atomic E-state index is 0.0120. The van der Waals surface area contributed by atoms with E-state index in [0.29, 0.717) is 59.6 Å². The normalized spacial score (nSPS) is 14.4. The number of nitrogens with zero attached hydrogens (tertiary/aromatic N) is 6. The van der Waals surface area contributed by atoms with Crippen LogP contribution in [-0.2, 0) is 4.74 Å². The Labute approximate surface area is 291 Å². The number of anilines is 3. The van der Waals surface area contributed by atoms with Gasteiger partial charge in [0.1, 0.15) is 34.7 Å². The Morgan fingerprint density at radius 1 is 1.02 bits per heavy atom. The van der Waals surface area contributed by atoms with Gasteiger partial charge < -0.3 is 20.3 Å². The van der Waals surface area contributed by atoms with Crippen LogP contribution >= 0.6 is 23.2 Å². The minimum atomic E-state index is -0.572. The van der Waals surface area contributed by atoms with Crippen LogP contribution < -0.4 is 10.6 Å². The lowest BCUT2D eigenvalue weighted by Crippen LogP contribution is -2.42. The van der Waals surface area contributed by atoms with Crippen molar-refractivity contribution in [1.82, 2.24) is 24.9 Å². The smallest absolute Gasteiger partial charge is 0.410 e. The SMILES string of the molecule is CC(C)(C)OC(=O)N1CCC(n2cc([C@@H](Nc3cc(Cl)c4nc(C#N)cc(Nc5ccc(F)c(Cl)c5)c4c3)c3ccc(F)cc3)nn2)CC1. The highest BCUT2D eigenvalue weighted by Gasteiger charge is 2.29. The van der Waals surface area contributed by atoms with Crippen LogP contribution in [0.1, 0.15) is 62.6 Å². The summed E-state index contributed by atoms with van der Waals surface area (Å²) in [5.74, 6) is -0.943. The number of hydrogen-bond donors (Lipinski definition) is 2. The molecule has 10 nitrogen and oxygen atoms in total. The van der Waals surface area contributed by atoms with Crippen molar-refractivity contribution >= 4 is 57.3 Å². The zero-order chi connectivity index (χ0) is 34.9. The van der Waals surface area contributed by atoms with E-state index in [1.807, 2.05) is 39.1 Å². The first-order chi connectivity index (χ1) is 23.4. The maximum Gasteiger partial charge on any atom is 0.410 e. The molecule has 0 spiro atoms. The number of pyridine rings is 1. The lowest BCUT2D eigenvalue weighted by molar-refractivity contribution is 0.0184. The second kappa shape index (κ2) is 13.9. The molecule has 2 aromatic heterocycles. The van der Waals surface area contributed by atoms with Gasteiger partial charge in [-0.15, -0.1) is 5.10 Å². The molecule has 2 N–H and O–H groups in total. The number of nitriles is 1. The summed E-state index contributed by atoms with van der Waals surface area (Å²) in [6.45, 7) is 6.56. The zero-order valence-corrected chi connectivity index (χ0v) is 28.4. The highest BCUT2D eigenvalue weighted by Crippen LogP contribution is 2.36. The number of halogens is 4. The molecular formula is C35H32Cl2F2N8O2. The molecule has 5 aromatic rings. The van der Waals surface area contributed by atoms with Crippen molar-refractivity contribution in [3.8, 4) is 6.07 Å². The van der Waals surface area contributed by atoms with Crippen molar-refractivity contribution in [3.63, 3.8) is 0 Å². The molecular weight excluding hydrogens is 673 g/mol. The van der Waals surface area contributed by atoms with Crippen LogP contribution in [0.25, 0.3) is 10.9 Å². The third-order valence-electron chi connectivity index (χ3n) is 8.01. The van der Waals surface area contributed by atoms with Gasteiger partial charge in [-0.3, -0.25) is 0 Å². The van der Waals surface area contributed by atoms with Crippen LogP contribution in [-0.4, -0.2) is 49.7 Å². The molecule has 0 radical (unpaired) electrons. The Hall–Kier alpha value is -4.99. The molecule has 14 heteroatoms. The molecule has 1 aliphatic heterocycles. The van der Waals surface area contributed by atoms with Crippen molar-refractivity contribution in [2.45, 2.75) is 51.3 Å². The van der Waals surface area contributed by atoms with Crippen molar-refractivity contribution < 1.29 is 18.3 Å². The predicted octanol–water partition coefficient (Wildman–Crippen LogP) is 8.80. The molecule has 1 amide bonds. The molecule has 49 heavy (non-hydrogen) atoms. The summed E-state index contributed by atoms with van der Waals surface area (Å²) in [6, 6.07) is 16.8. The first kappa shape index (κ1) is 33.9. The number of nitrogens with one attached hydrogen (secondary N) is 2. The maximum absolute atomic E-state index is 14.0. The Morgan fingerprint density at radius 2 is 1.73 bits per heavy atom. The van der Waals surface area contributed by atoms with E-state index >= 15 is 0 Å². The van der Waals surface area contributed by atoms with Crippen LogP contribution in [0.2, 0.25) is 10.0 Å². The Kier molecular flexibility index (Phi) is 9.59. The van der Waals surface area contributed by atoms with Gasteiger partial charge in [0.05, 0.1) is 39.5 Å². The number of fused-ring (bicyclic) bond motifs is 1. The zero-order valence-electron chi connectivity index (χ0n) is 26.8. The molecule has 0 unspecified atom stereocenters. The van der Waals surface area contributed by atoms with E-state index in [1.54, 1.807) is 33.8 Å². The van der Waals surface area contributed by atoms with E-state index in [4.69, 9.17) is 27.9 Å². The molecule has 1 atom stereocenters. The Bertz CT molecular complexity index is 2050. The third-order valence-corrected chi connectivity index (χ3v) is 8.59. The molecule has 0 bridgehead atoms. The number of hydrogen-bond acceptors (Lipinski definition) is 8. The topological polar surface area (TPSA) is 121 Å². The fraction of sp³-hybridized carbons (Fsp3) is 0.286. The second-order valence-corrected chi connectivity index (χ2v) is 13.5. The molecule has 3 aromatic carbocycles. The van der Waals surface area contributed by atoms with Crippen molar-refractivity contribution in [2.24, 2.45) is 0 Å². The molecule has 0 aliphatic carbocycles. The summed E-state index contributed by atoms with van der Waals surface area (Å²) < 4.78 is 35.2. The van der Waals surface area contributed by atoms with Crippen LogP contribution in [0.4, 0.5) is 30.6 Å². The Morgan fingerprint density at radius 3 is 2.41 bits per heavy atom. The summed E-state index contributed by atoms with van der Waals surface area (Å²) in [5, 5.41) is 26.1. The number of carbonyl (C=O) groups excluding carboxylic acids is 1. The number of piperidine rings is 1. The van der Waals surface area contributed by atoms with Crippen molar-refractivity contribution in [3.05, 3.63) is 105 Å². The number of aromatic nitrogens is 4. The summed E-state index contributed by atoms with van der Waals surface area (Å²) >= 11 is 12.8. The summed E-state index contributed by atoms with van der Waals surface area (Å²) in [4.78, 5) is 18.7.